The van der Waals surface area contributed by atoms with Gasteiger partial charge in [-0.05, 0) is 36.7 Å². The van der Waals surface area contributed by atoms with Gasteiger partial charge in [0.25, 0.3) is 0 Å². The van der Waals surface area contributed by atoms with Crippen LogP contribution in [-0.4, -0.2) is 41.8 Å². The Morgan fingerprint density at radius 1 is 1.08 bits per heavy atom. The summed E-state index contributed by atoms with van der Waals surface area (Å²) in [5.41, 5.74) is 2.70. The maximum Gasteiger partial charge on any atom is 0.224 e. The fraction of sp³-hybridized carbons (Fsp3) is 0.278. The fourth-order valence-corrected chi connectivity index (χ4v) is 3.72. The van der Waals surface area contributed by atoms with Gasteiger partial charge in [-0.1, -0.05) is 11.6 Å². The average molecular weight is 390 g/mol. The van der Waals surface area contributed by atoms with Crippen molar-refractivity contribution in [3.8, 4) is 5.75 Å². The maximum atomic E-state index is 6.23. The molecule has 0 radical (unpaired) electrons. The van der Waals surface area contributed by atoms with Crippen molar-refractivity contribution in [2.75, 3.05) is 36.7 Å². The highest BCUT2D eigenvalue weighted by atomic mass is 35.5. The minimum atomic E-state index is 0.271. The van der Waals surface area contributed by atoms with Crippen LogP contribution in [0.3, 0.4) is 0 Å². The highest BCUT2D eigenvalue weighted by Crippen LogP contribution is 2.37. The lowest BCUT2D eigenvalue weighted by molar-refractivity contribution is 0.419. The van der Waals surface area contributed by atoms with Crippen molar-refractivity contribution in [3.63, 3.8) is 0 Å². The lowest BCUT2D eigenvalue weighted by Crippen LogP contribution is -2.26. The molecule has 4 rings (SSSR count). The minimum absolute atomic E-state index is 0.271. The molecule has 6 nitrogen and oxygen atoms in total. The topological polar surface area (TPSA) is 54.4 Å². The first-order valence-electron chi connectivity index (χ1n) is 8.19. The van der Waals surface area contributed by atoms with Crippen molar-refractivity contribution in [2.45, 2.75) is 6.92 Å². The number of rotatable bonds is 3. The lowest BCUT2D eigenvalue weighted by atomic mass is 10.1. The summed E-state index contributed by atoms with van der Waals surface area (Å²) < 4.78 is 5.44. The number of ether oxygens (including phenoxy) is 1. The Morgan fingerprint density at radius 2 is 1.88 bits per heavy atom. The van der Waals surface area contributed by atoms with E-state index in [0.717, 1.165) is 41.2 Å². The van der Waals surface area contributed by atoms with E-state index in [4.69, 9.17) is 27.9 Å². The van der Waals surface area contributed by atoms with E-state index in [-0.39, 0.29) is 5.28 Å². The van der Waals surface area contributed by atoms with Crippen LogP contribution in [0.15, 0.2) is 30.5 Å². The molecule has 0 N–H and O–H groups in total. The second kappa shape index (κ2) is 6.78. The summed E-state index contributed by atoms with van der Waals surface area (Å²) in [5.74, 6) is 1.43. The smallest absolute Gasteiger partial charge is 0.224 e. The Labute approximate surface area is 161 Å². The Balaban J connectivity index is 1.69. The quantitative estimate of drug-likeness (QED) is 0.632. The first kappa shape index (κ1) is 17.1. The molecule has 2 aromatic heterocycles. The summed E-state index contributed by atoms with van der Waals surface area (Å²) in [5, 5.41) is 1.83. The predicted octanol–water partition coefficient (Wildman–Crippen LogP) is 3.93. The van der Waals surface area contributed by atoms with Gasteiger partial charge >= 0.3 is 0 Å². The molecule has 0 bridgehead atoms. The van der Waals surface area contributed by atoms with Gasteiger partial charge in [-0.25, -0.2) is 9.97 Å². The lowest BCUT2D eigenvalue weighted by Gasteiger charge is -2.22. The number of benzene rings is 1. The standard InChI is InChI=1S/C18H17Cl2N5O/c1-11-9-15(23-18(20)22-11)25-8-7-24(10-25)14-5-6-21-16-12(14)3-4-13(19)17(16)26-2/h3-6,9H,7-8,10H2,1-2H3. The number of hydrogen-bond donors (Lipinski definition) is 0. The number of halogens is 2. The number of hydrogen-bond acceptors (Lipinski definition) is 6. The number of fused-ring (bicyclic) bond motifs is 1. The molecular weight excluding hydrogens is 373 g/mol. The molecule has 1 aliphatic rings. The van der Waals surface area contributed by atoms with Crippen molar-refractivity contribution < 1.29 is 4.74 Å². The molecule has 1 fully saturated rings. The molecule has 1 aromatic carbocycles. The number of pyridine rings is 1. The van der Waals surface area contributed by atoms with Crippen LogP contribution in [0.4, 0.5) is 11.5 Å². The summed E-state index contributed by atoms with van der Waals surface area (Å²) >= 11 is 12.2. The minimum Gasteiger partial charge on any atom is -0.493 e. The van der Waals surface area contributed by atoms with E-state index in [1.807, 2.05) is 31.2 Å². The molecule has 134 valence electrons. The highest BCUT2D eigenvalue weighted by molar-refractivity contribution is 6.33. The Morgan fingerprint density at radius 3 is 2.65 bits per heavy atom. The molecule has 0 amide bonds. The van der Waals surface area contributed by atoms with Gasteiger partial charge in [0.15, 0.2) is 5.75 Å². The molecular formula is C18H17Cl2N5O. The highest BCUT2D eigenvalue weighted by Gasteiger charge is 2.24. The van der Waals surface area contributed by atoms with E-state index >= 15 is 0 Å². The van der Waals surface area contributed by atoms with Gasteiger partial charge in [-0.15, -0.1) is 0 Å². The first-order chi connectivity index (χ1) is 12.6. The van der Waals surface area contributed by atoms with E-state index in [0.29, 0.717) is 17.4 Å². The second-order valence-electron chi connectivity index (χ2n) is 6.11. The second-order valence-corrected chi connectivity index (χ2v) is 6.86. The number of nitrogens with zero attached hydrogens (tertiary/aromatic N) is 5. The third kappa shape index (κ3) is 2.99. The van der Waals surface area contributed by atoms with Crippen molar-refractivity contribution in [2.24, 2.45) is 0 Å². The number of anilines is 2. The van der Waals surface area contributed by atoms with Gasteiger partial charge < -0.3 is 14.5 Å². The monoisotopic (exact) mass is 389 g/mol. The zero-order chi connectivity index (χ0) is 18.3. The fourth-order valence-electron chi connectivity index (χ4n) is 3.27. The van der Waals surface area contributed by atoms with Crippen LogP contribution in [0.5, 0.6) is 5.75 Å². The van der Waals surface area contributed by atoms with Gasteiger partial charge in [0.05, 0.1) is 18.8 Å². The molecule has 0 aliphatic carbocycles. The SMILES string of the molecule is COc1c(Cl)ccc2c(N3CCN(c4cc(C)nc(Cl)n4)C3)ccnc12. The summed E-state index contributed by atoms with van der Waals surface area (Å²) in [4.78, 5) is 17.4. The van der Waals surface area contributed by atoms with Crippen molar-refractivity contribution >= 4 is 45.6 Å². The summed E-state index contributed by atoms with van der Waals surface area (Å²) in [6.45, 7) is 4.33. The number of methoxy groups -OCH3 is 1. The molecule has 0 saturated carbocycles. The zero-order valence-corrected chi connectivity index (χ0v) is 15.9. The molecule has 1 aliphatic heterocycles. The number of aryl methyl sites for hydroxylation is 1. The van der Waals surface area contributed by atoms with E-state index in [9.17, 15) is 0 Å². The van der Waals surface area contributed by atoms with Crippen molar-refractivity contribution in [1.82, 2.24) is 15.0 Å². The molecule has 3 heterocycles. The van der Waals surface area contributed by atoms with Gasteiger partial charge in [0.2, 0.25) is 5.28 Å². The molecule has 0 unspecified atom stereocenters. The zero-order valence-electron chi connectivity index (χ0n) is 14.4. The Kier molecular flexibility index (Phi) is 4.46. The summed E-state index contributed by atoms with van der Waals surface area (Å²) in [6, 6.07) is 7.78. The molecule has 26 heavy (non-hydrogen) atoms. The van der Waals surface area contributed by atoms with Crippen LogP contribution in [0.2, 0.25) is 10.3 Å². The third-order valence-electron chi connectivity index (χ3n) is 4.46. The predicted molar refractivity (Wildman–Crippen MR) is 105 cm³/mol. The molecule has 0 atom stereocenters. The van der Waals surface area contributed by atoms with E-state index in [1.54, 1.807) is 13.3 Å². The van der Waals surface area contributed by atoms with Gasteiger partial charge in [0.1, 0.15) is 11.3 Å². The van der Waals surface area contributed by atoms with Crippen LogP contribution in [0, 0.1) is 6.92 Å². The van der Waals surface area contributed by atoms with Gasteiger partial charge in [-0.3, -0.25) is 4.98 Å². The van der Waals surface area contributed by atoms with E-state index in [2.05, 4.69) is 24.8 Å². The van der Waals surface area contributed by atoms with Crippen LogP contribution >= 0.6 is 23.2 Å². The van der Waals surface area contributed by atoms with Crippen LogP contribution in [0.25, 0.3) is 10.9 Å². The van der Waals surface area contributed by atoms with Crippen LogP contribution in [-0.2, 0) is 0 Å². The summed E-state index contributed by atoms with van der Waals surface area (Å²) in [7, 11) is 1.60. The van der Waals surface area contributed by atoms with Crippen molar-refractivity contribution in [3.05, 3.63) is 46.5 Å². The Bertz CT molecular complexity index is 961. The summed E-state index contributed by atoms with van der Waals surface area (Å²) in [6.07, 6.45) is 1.78. The van der Waals surface area contributed by atoms with Crippen LogP contribution in [0.1, 0.15) is 5.69 Å². The molecule has 8 heteroatoms. The van der Waals surface area contributed by atoms with Crippen molar-refractivity contribution in [1.29, 1.82) is 0 Å². The molecule has 1 saturated heterocycles. The maximum absolute atomic E-state index is 6.23. The van der Waals surface area contributed by atoms with E-state index < -0.39 is 0 Å². The third-order valence-corrected chi connectivity index (χ3v) is 4.93. The molecule has 0 spiro atoms. The molecule has 3 aromatic rings. The first-order valence-corrected chi connectivity index (χ1v) is 8.94. The van der Waals surface area contributed by atoms with Gasteiger partial charge in [-0.2, -0.15) is 0 Å². The number of aromatic nitrogens is 3. The van der Waals surface area contributed by atoms with Gasteiger partial charge in [0, 0.05) is 42.1 Å². The van der Waals surface area contributed by atoms with E-state index in [1.165, 1.54) is 0 Å². The van der Waals surface area contributed by atoms with Crippen LogP contribution < -0.4 is 14.5 Å². The normalized spacial score (nSPS) is 14.3. The Hall–Kier alpha value is -2.31. The largest absolute Gasteiger partial charge is 0.493 e. The average Bonchev–Trinajstić information content (AvgIpc) is 3.10.